The first-order chi connectivity index (χ1) is 7.89. The van der Waals surface area contributed by atoms with Gasteiger partial charge in [-0.15, -0.1) is 0 Å². The van der Waals surface area contributed by atoms with Crippen molar-refractivity contribution in [1.29, 1.82) is 0 Å². The summed E-state index contributed by atoms with van der Waals surface area (Å²) in [5.74, 6) is -2.82. The van der Waals surface area contributed by atoms with Crippen molar-refractivity contribution in [3.8, 4) is 0 Å². The van der Waals surface area contributed by atoms with Crippen LogP contribution in [-0.4, -0.2) is 22.2 Å². The minimum atomic E-state index is -1.62. The number of hydrogen-bond acceptors (Lipinski definition) is 2. The second-order valence-corrected chi connectivity index (χ2v) is 4.90. The minimum absolute atomic E-state index is 0. The zero-order valence-corrected chi connectivity index (χ0v) is 16.2. The van der Waals surface area contributed by atoms with E-state index in [-0.39, 0.29) is 79.5 Å². The summed E-state index contributed by atoms with van der Waals surface area (Å²) in [7, 11) is 0. The first-order valence-corrected chi connectivity index (χ1v) is 6.36. The van der Waals surface area contributed by atoms with Gasteiger partial charge < -0.3 is 13.1 Å². The van der Waals surface area contributed by atoms with Crippen LogP contribution in [0.5, 0.6) is 0 Å². The molecule has 0 amide bonds. The summed E-state index contributed by atoms with van der Waals surface area (Å²) >= 11 is 0. The molecule has 0 aromatic rings. The van der Waals surface area contributed by atoms with Gasteiger partial charge in [0.15, 0.2) is 5.41 Å². The van der Waals surface area contributed by atoms with E-state index in [1.165, 1.54) is 0 Å². The number of carboxylic acids is 2. The van der Waals surface area contributed by atoms with Crippen molar-refractivity contribution < 1.29 is 92.9 Å². The molecule has 19 heavy (non-hydrogen) atoms. The summed E-state index contributed by atoms with van der Waals surface area (Å²) in [5, 5.41) is 18.4. The number of carbonyl (C=O) groups is 2. The Bertz CT molecular complexity index is 265. The quantitative estimate of drug-likeness (QED) is 0.277. The van der Waals surface area contributed by atoms with Crippen LogP contribution in [0.15, 0.2) is 0 Å². The summed E-state index contributed by atoms with van der Waals surface area (Å²) in [6.07, 6.45) is 5.07. The summed E-state index contributed by atoms with van der Waals surface area (Å²) < 4.78 is 0. The van der Waals surface area contributed by atoms with Gasteiger partial charge in [0, 0.05) is 0 Å². The summed E-state index contributed by atoms with van der Waals surface area (Å²) in [6, 6.07) is 0. The summed E-state index contributed by atoms with van der Waals surface area (Å²) in [4.78, 5) is 22.5. The Balaban J connectivity index is -0.000000213. The predicted octanol–water partition coefficient (Wildman–Crippen LogP) is -2.61. The van der Waals surface area contributed by atoms with Gasteiger partial charge in [-0.05, 0) is 12.3 Å². The first kappa shape index (κ1) is 25.1. The Morgan fingerprint density at radius 1 is 1.05 bits per heavy atom. The Morgan fingerprint density at radius 2 is 1.47 bits per heavy atom. The Labute approximate surface area is 173 Å². The molecule has 0 aromatic carbocycles. The van der Waals surface area contributed by atoms with E-state index >= 15 is 0 Å². The van der Waals surface area contributed by atoms with E-state index in [0.717, 1.165) is 25.7 Å². The molecule has 0 heterocycles. The largest absolute Gasteiger partial charge is 1.00 e. The Kier molecular flexibility index (Phi) is 17.0. The van der Waals surface area contributed by atoms with Gasteiger partial charge >= 0.3 is 82.2 Å². The van der Waals surface area contributed by atoms with Gasteiger partial charge in [-0.1, -0.05) is 52.9 Å². The van der Waals surface area contributed by atoms with Crippen molar-refractivity contribution in [2.75, 3.05) is 0 Å². The van der Waals surface area contributed by atoms with E-state index in [9.17, 15) is 19.8 Å². The Morgan fingerprint density at radius 3 is 1.79 bits per heavy atom. The van der Waals surface area contributed by atoms with E-state index in [1.807, 2.05) is 0 Å². The van der Waals surface area contributed by atoms with Crippen LogP contribution in [0.25, 0.3) is 0 Å². The second-order valence-electron chi connectivity index (χ2n) is 4.90. The molecular weight excluding hydrogens is 266 g/mol. The monoisotopic (exact) mass is 292 g/mol. The topological polar surface area (TPSA) is 74.6 Å². The van der Waals surface area contributed by atoms with Gasteiger partial charge in [0.2, 0.25) is 0 Å². The van der Waals surface area contributed by atoms with Crippen LogP contribution in [0, 0.1) is 11.3 Å². The third-order valence-electron chi connectivity index (χ3n) is 3.42. The molecule has 0 radical (unpaired) electrons. The van der Waals surface area contributed by atoms with Crippen LogP contribution in [0.1, 0.15) is 62.1 Å². The molecule has 104 valence electrons. The van der Waals surface area contributed by atoms with Crippen molar-refractivity contribution in [1.82, 2.24) is 0 Å². The zero-order chi connectivity index (χ0) is 13.5. The molecule has 0 aliphatic carbocycles. The fraction of sp³-hybridized carbons (Fsp3) is 0.846. The maximum Gasteiger partial charge on any atom is 1.00 e. The maximum absolute atomic E-state index is 11.2. The number of carboxylic acid groups (broad SMARTS) is 2. The van der Waals surface area contributed by atoms with Crippen LogP contribution in [0.3, 0.4) is 0 Å². The zero-order valence-electron chi connectivity index (χ0n) is 15.0. The summed E-state index contributed by atoms with van der Waals surface area (Å²) in [6.45, 7) is 5.43. The third-order valence-corrected chi connectivity index (χ3v) is 3.42. The summed E-state index contributed by atoms with van der Waals surface area (Å²) in [5.41, 5.74) is -1.62. The molecule has 0 unspecified atom stereocenters. The van der Waals surface area contributed by atoms with Gasteiger partial charge in [-0.2, -0.15) is 0 Å². The van der Waals surface area contributed by atoms with Crippen LogP contribution >= 0.6 is 0 Å². The molecule has 0 spiro atoms. The van der Waals surface area contributed by atoms with E-state index in [2.05, 4.69) is 6.92 Å². The molecule has 0 saturated carbocycles. The number of rotatable bonds is 9. The second kappa shape index (κ2) is 12.9. The van der Waals surface area contributed by atoms with Crippen LogP contribution < -0.4 is 70.2 Å². The molecule has 0 atom stereocenters. The number of hydrogen-bond donors (Lipinski definition) is 2. The van der Waals surface area contributed by atoms with Crippen molar-refractivity contribution in [3.63, 3.8) is 0 Å². The minimum Gasteiger partial charge on any atom is -1.00 e. The predicted molar refractivity (Wildman–Crippen MR) is 68.1 cm³/mol. The van der Waals surface area contributed by atoms with Crippen LogP contribution in [0.4, 0.5) is 0 Å². The normalized spacial score (nSPS) is 10.5. The molecule has 6 heteroatoms. The molecule has 4 nitrogen and oxygen atoms in total. The van der Waals surface area contributed by atoms with Crippen molar-refractivity contribution in [2.45, 2.75) is 59.3 Å². The van der Waals surface area contributed by atoms with Gasteiger partial charge in [-0.25, -0.2) is 0 Å². The van der Waals surface area contributed by atoms with Crippen molar-refractivity contribution in [3.05, 3.63) is 0 Å². The molecule has 0 rings (SSSR count). The Hall–Kier alpha value is 1.17. The number of aliphatic carboxylic acids is 2. The SMILES string of the molecule is CCCCCCCC(C(=O)O)(C(=O)O)C(C)C.[H-].[H-].[K+].[Li+]. The van der Waals surface area contributed by atoms with E-state index < -0.39 is 23.3 Å². The molecule has 0 bridgehead atoms. The average molecular weight is 292 g/mol. The van der Waals surface area contributed by atoms with Crippen LogP contribution in [0.2, 0.25) is 0 Å². The molecule has 0 fully saturated rings. The van der Waals surface area contributed by atoms with Crippen molar-refractivity contribution >= 4 is 11.9 Å². The molecule has 0 aliphatic rings. The number of unbranched alkanes of at least 4 members (excludes halogenated alkanes) is 4. The van der Waals surface area contributed by atoms with Crippen LogP contribution in [-0.2, 0) is 9.59 Å². The smallest absolute Gasteiger partial charge is 1.00 e. The van der Waals surface area contributed by atoms with E-state index in [4.69, 9.17) is 0 Å². The maximum atomic E-state index is 11.2. The average Bonchev–Trinajstić information content (AvgIpc) is 2.21. The van der Waals surface area contributed by atoms with Gasteiger partial charge in [0.1, 0.15) is 0 Å². The first-order valence-electron chi connectivity index (χ1n) is 6.36. The van der Waals surface area contributed by atoms with Gasteiger partial charge in [-0.3, -0.25) is 9.59 Å². The van der Waals surface area contributed by atoms with Gasteiger partial charge in [0.05, 0.1) is 0 Å². The molecule has 0 aromatic heterocycles. The van der Waals surface area contributed by atoms with Gasteiger partial charge in [0.25, 0.3) is 0 Å². The van der Waals surface area contributed by atoms with E-state index in [1.54, 1.807) is 13.8 Å². The molecule has 0 saturated heterocycles. The molecular formula is C13H26KLiO4. The molecule has 2 N–H and O–H groups in total. The fourth-order valence-electron chi connectivity index (χ4n) is 2.10. The molecule has 0 aliphatic heterocycles. The van der Waals surface area contributed by atoms with Crippen molar-refractivity contribution in [2.24, 2.45) is 11.3 Å². The third kappa shape index (κ3) is 7.66. The standard InChI is InChI=1S/C13H24O4.K.Li.2H/c1-4-5-6-7-8-9-13(10(2)3,11(14)15)12(16)17;;;;/h10H,4-9H2,1-3H3,(H,14,15)(H,16,17);;;;/q;2*+1;2*-1. The van der Waals surface area contributed by atoms with E-state index in [0.29, 0.717) is 6.42 Å². The fourth-order valence-corrected chi connectivity index (χ4v) is 2.10.